The van der Waals surface area contributed by atoms with Crippen LogP contribution in [-0.2, 0) is 5.41 Å². The molecule has 0 atom stereocenters. The van der Waals surface area contributed by atoms with Gasteiger partial charge >= 0.3 is 0 Å². The van der Waals surface area contributed by atoms with Gasteiger partial charge in [0.1, 0.15) is 17.6 Å². The third-order valence-electron chi connectivity index (χ3n) is 3.07. The second kappa shape index (κ2) is 5.84. The Morgan fingerprint density at radius 1 is 1.14 bits per heavy atom. The van der Waals surface area contributed by atoms with E-state index in [4.69, 9.17) is 14.7 Å². The van der Waals surface area contributed by atoms with Crippen LogP contribution in [-0.4, -0.2) is 12.1 Å². The number of pyridine rings is 1. The molecule has 0 unspecified atom stereocenters. The van der Waals surface area contributed by atoms with Crippen molar-refractivity contribution in [2.45, 2.75) is 26.2 Å². The van der Waals surface area contributed by atoms with E-state index in [1.54, 1.807) is 19.2 Å². The molecule has 0 N–H and O–H groups in total. The van der Waals surface area contributed by atoms with Crippen molar-refractivity contribution in [2.24, 2.45) is 0 Å². The van der Waals surface area contributed by atoms with E-state index in [9.17, 15) is 0 Å². The third kappa shape index (κ3) is 3.51. The molecule has 0 saturated heterocycles. The second-order valence-corrected chi connectivity index (χ2v) is 5.71. The van der Waals surface area contributed by atoms with Crippen LogP contribution in [0.2, 0.25) is 0 Å². The van der Waals surface area contributed by atoms with Crippen LogP contribution in [0, 0.1) is 11.3 Å². The summed E-state index contributed by atoms with van der Waals surface area (Å²) >= 11 is 0. The molecule has 4 nitrogen and oxygen atoms in total. The molecule has 108 valence electrons. The number of nitriles is 1. The first-order valence-corrected chi connectivity index (χ1v) is 6.66. The highest BCUT2D eigenvalue weighted by atomic mass is 16.5. The summed E-state index contributed by atoms with van der Waals surface area (Å²) in [7, 11) is 1.64. The first-order valence-electron chi connectivity index (χ1n) is 6.66. The normalized spacial score (nSPS) is 10.8. The van der Waals surface area contributed by atoms with Crippen molar-refractivity contribution in [3.63, 3.8) is 0 Å². The first-order chi connectivity index (χ1) is 9.94. The predicted molar refractivity (Wildman–Crippen MR) is 80.7 cm³/mol. The number of ether oxygens (including phenoxy) is 2. The van der Waals surface area contributed by atoms with Gasteiger partial charge in [0.05, 0.1) is 12.7 Å². The fraction of sp³-hybridized carbons (Fsp3) is 0.294. The number of rotatable bonds is 3. The van der Waals surface area contributed by atoms with Crippen LogP contribution in [0.25, 0.3) is 0 Å². The van der Waals surface area contributed by atoms with Crippen molar-refractivity contribution in [2.75, 3.05) is 7.11 Å². The SMILES string of the molecule is COc1ccc(Oc2ccc(C#N)cn2)c(C(C)(C)C)c1. The molecule has 2 rings (SSSR count). The summed E-state index contributed by atoms with van der Waals surface area (Å²) in [6.45, 7) is 6.34. The summed E-state index contributed by atoms with van der Waals surface area (Å²) in [5, 5.41) is 8.78. The Morgan fingerprint density at radius 2 is 1.90 bits per heavy atom. The topological polar surface area (TPSA) is 55.1 Å². The van der Waals surface area contributed by atoms with E-state index >= 15 is 0 Å². The van der Waals surface area contributed by atoms with Gasteiger partial charge in [-0.05, 0) is 29.7 Å². The maximum Gasteiger partial charge on any atom is 0.219 e. The molecule has 0 bridgehead atoms. The van der Waals surface area contributed by atoms with Gasteiger partial charge in [-0.1, -0.05) is 20.8 Å². The van der Waals surface area contributed by atoms with Crippen LogP contribution in [0.4, 0.5) is 0 Å². The zero-order valence-corrected chi connectivity index (χ0v) is 12.7. The molecule has 0 radical (unpaired) electrons. The maximum absolute atomic E-state index is 8.78. The molecule has 0 amide bonds. The van der Waals surface area contributed by atoms with Crippen LogP contribution in [0.3, 0.4) is 0 Å². The number of benzene rings is 1. The lowest BCUT2D eigenvalue weighted by Gasteiger charge is -2.23. The van der Waals surface area contributed by atoms with Crippen molar-refractivity contribution >= 4 is 0 Å². The number of hydrogen-bond acceptors (Lipinski definition) is 4. The van der Waals surface area contributed by atoms with E-state index in [-0.39, 0.29) is 5.41 Å². The summed E-state index contributed by atoms with van der Waals surface area (Å²) in [5.41, 5.74) is 1.46. The van der Waals surface area contributed by atoms with Gasteiger partial charge in [0, 0.05) is 17.8 Å². The Balaban J connectivity index is 2.36. The molecule has 1 heterocycles. The number of nitrogens with zero attached hydrogens (tertiary/aromatic N) is 2. The van der Waals surface area contributed by atoms with E-state index in [0.29, 0.717) is 11.4 Å². The largest absolute Gasteiger partial charge is 0.497 e. The highest BCUT2D eigenvalue weighted by Crippen LogP contribution is 2.36. The minimum Gasteiger partial charge on any atom is -0.497 e. The highest BCUT2D eigenvalue weighted by Gasteiger charge is 2.20. The molecule has 2 aromatic rings. The fourth-order valence-corrected chi connectivity index (χ4v) is 1.93. The minimum absolute atomic E-state index is 0.0868. The van der Waals surface area contributed by atoms with Crippen LogP contribution >= 0.6 is 0 Å². The Labute approximate surface area is 125 Å². The average Bonchev–Trinajstić information content (AvgIpc) is 2.47. The summed E-state index contributed by atoms with van der Waals surface area (Å²) in [6, 6.07) is 11.1. The minimum atomic E-state index is -0.0868. The van der Waals surface area contributed by atoms with E-state index in [1.165, 1.54) is 6.20 Å². The van der Waals surface area contributed by atoms with Crippen molar-refractivity contribution in [3.8, 4) is 23.4 Å². The molecular formula is C17H18N2O2. The van der Waals surface area contributed by atoms with Gasteiger partial charge in [-0.25, -0.2) is 4.98 Å². The predicted octanol–water partition coefficient (Wildman–Crippen LogP) is 4.05. The first kappa shape index (κ1) is 14.9. The Bertz CT molecular complexity index is 665. The van der Waals surface area contributed by atoms with Crippen LogP contribution < -0.4 is 9.47 Å². The molecule has 0 fully saturated rings. The molecular weight excluding hydrogens is 264 g/mol. The number of methoxy groups -OCH3 is 1. The maximum atomic E-state index is 8.78. The van der Waals surface area contributed by atoms with Gasteiger partial charge in [0.2, 0.25) is 5.88 Å². The third-order valence-corrected chi connectivity index (χ3v) is 3.07. The van der Waals surface area contributed by atoms with Gasteiger partial charge in [-0.3, -0.25) is 0 Å². The molecule has 1 aromatic heterocycles. The monoisotopic (exact) mass is 282 g/mol. The lowest BCUT2D eigenvalue weighted by molar-refractivity contribution is 0.405. The summed E-state index contributed by atoms with van der Waals surface area (Å²) in [5.74, 6) is 1.99. The van der Waals surface area contributed by atoms with E-state index in [0.717, 1.165) is 17.1 Å². The standard InChI is InChI=1S/C17H18N2O2/c1-17(2,3)14-9-13(20-4)6-7-15(14)21-16-8-5-12(10-18)11-19-16/h5-9,11H,1-4H3. The summed E-state index contributed by atoms with van der Waals surface area (Å²) in [6.07, 6.45) is 1.50. The van der Waals surface area contributed by atoms with Crippen molar-refractivity contribution in [3.05, 3.63) is 47.7 Å². The quantitative estimate of drug-likeness (QED) is 0.852. The fourth-order valence-electron chi connectivity index (χ4n) is 1.93. The zero-order valence-electron chi connectivity index (χ0n) is 12.7. The zero-order chi connectivity index (χ0) is 15.5. The van der Waals surface area contributed by atoms with E-state index in [1.807, 2.05) is 24.3 Å². The Hall–Kier alpha value is -2.54. The molecule has 0 saturated carbocycles. The molecule has 21 heavy (non-hydrogen) atoms. The van der Waals surface area contributed by atoms with Gasteiger partial charge in [-0.2, -0.15) is 5.26 Å². The van der Waals surface area contributed by atoms with Gasteiger partial charge in [0.15, 0.2) is 0 Å². The number of hydrogen-bond donors (Lipinski definition) is 0. The van der Waals surface area contributed by atoms with E-state index in [2.05, 4.69) is 25.8 Å². The van der Waals surface area contributed by atoms with Crippen LogP contribution in [0.1, 0.15) is 31.9 Å². The molecule has 0 spiro atoms. The molecule has 0 aliphatic heterocycles. The average molecular weight is 282 g/mol. The molecule has 4 heteroatoms. The van der Waals surface area contributed by atoms with Crippen LogP contribution in [0.15, 0.2) is 36.5 Å². The van der Waals surface area contributed by atoms with Gasteiger partial charge in [-0.15, -0.1) is 0 Å². The lowest BCUT2D eigenvalue weighted by atomic mass is 9.86. The second-order valence-electron chi connectivity index (χ2n) is 5.71. The van der Waals surface area contributed by atoms with Crippen LogP contribution in [0.5, 0.6) is 17.4 Å². The van der Waals surface area contributed by atoms with Gasteiger partial charge < -0.3 is 9.47 Å². The van der Waals surface area contributed by atoms with Crippen molar-refractivity contribution in [1.82, 2.24) is 4.98 Å². The molecule has 0 aliphatic rings. The lowest BCUT2D eigenvalue weighted by Crippen LogP contribution is -2.13. The van der Waals surface area contributed by atoms with E-state index < -0.39 is 0 Å². The smallest absolute Gasteiger partial charge is 0.219 e. The Morgan fingerprint density at radius 3 is 2.43 bits per heavy atom. The molecule has 1 aromatic carbocycles. The highest BCUT2D eigenvalue weighted by molar-refractivity contribution is 5.45. The summed E-state index contributed by atoms with van der Waals surface area (Å²) < 4.78 is 11.1. The number of aromatic nitrogens is 1. The van der Waals surface area contributed by atoms with Crippen molar-refractivity contribution in [1.29, 1.82) is 5.26 Å². The van der Waals surface area contributed by atoms with Gasteiger partial charge in [0.25, 0.3) is 0 Å². The molecule has 0 aliphatic carbocycles. The van der Waals surface area contributed by atoms with Crippen molar-refractivity contribution < 1.29 is 9.47 Å². The Kier molecular flexibility index (Phi) is 4.13. The summed E-state index contributed by atoms with van der Waals surface area (Å²) in [4.78, 5) is 4.13.